The number of ether oxygens (including phenoxy) is 1. The van der Waals surface area contributed by atoms with Crippen molar-refractivity contribution in [2.75, 3.05) is 11.9 Å². The van der Waals surface area contributed by atoms with E-state index in [2.05, 4.69) is 10.5 Å². The number of hydrogen-bond donors (Lipinski definition) is 2. The molecule has 8 heteroatoms. The SMILES string of the molecule is CCc1cc(OCC(=O)Nc2onc(C)c2C)cc(Cl)c1Cc1ccc(O)c(C(C)C)c1F. The molecule has 0 atom stereocenters. The molecule has 6 nitrogen and oxygen atoms in total. The minimum atomic E-state index is -0.418. The smallest absolute Gasteiger partial charge is 0.264 e. The zero-order valence-corrected chi connectivity index (χ0v) is 20.1. The van der Waals surface area contributed by atoms with Gasteiger partial charge in [0.1, 0.15) is 17.3 Å². The summed E-state index contributed by atoms with van der Waals surface area (Å²) in [6, 6.07) is 6.52. The van der Waals surface area contributed by atoms with E-state index in [9.17, 15) is 9.90 Å². The fourth-order valence-electron chi connectivity index (χ4n) is 3.61. The Bertz CT molecular complexity index is 1170. The van der Waals surface area contributed by atoms with E-state index >= 15 is 4.39 Å². The number of nitrogens with zero attached hydrogens (tertiary/aromatic N) is 1. The van der Waals surface area contributed by atoms with Crippen molar-refractivity contribution in [3.8, 4) is 11.5 Å². The highest BCUT2D eigenvalue weighted by atomic mass is 35.5. The third-order valence-corrected chi connectivity index (χ3v) is 5.94. The van der Waals surface area contributed by atoms with Gasteiger partial charge in [-0.25, -0.2) is 4.39 Å². The molecule has 0 spiro atoms. The van der Waals surface area contributed by atoms with Crippen LogP contribution in [-0.2, 0) is 17.6 Å². The fraction of sp³-hybridized carbons (Fsp3) is 0.360. The number of carbonyl (C=O) groups is 1. The molecule has 3 aromatic rings. The van der Waals surface area contributed by atoms with E-state index < -0.39 is 5.82 Å². The summed E-state index contributed by atoms with van der Waals surface area (Å²) in [7, 11) is 0. The van der Waals surface area contributed by atoms with Crippen molar-refractivity contribution in [1.29, 1.82) is 0 Å². The van der Waals surface area contributed by atoms with Crippen LogP contribution in [-0.4, -0.2) is 22.8 Å². The molecule has 0 bridgehead atoms. The Morgan fingerprint density at radius 2 is 2.00 bits per heavy atom. The monoisotopic (exact) mass is 474 g/mol. The minimum absolute atomic E-state index is 0.0502. The minimum Gasteiger partial charge on any atom is -0.508 e. The largest absolute Gasteiger partial charge is 0.508 e. The first-order valence-corrected chi connectivity index (χ1v) is 11.2. The summed E-state index contributed by atoms with van der Waals surface area (Å²) in [6.07, 6.45) is 0.921. The Morgan fingerprint density at radius 3 is 2.61 bits per heavy atom. The second kappa shape index (κ2) is 10.3. The molecule has 176 valence electrons. The van der Waals surface area contributed by atoms with Crippen LogP contribution in [0.5, 0.6) is 11.5 Å². The van der Waals surface area contributed by atoms with E-state index in [0.717, 1.165) is 16.7 Å². The third-order valence-electron chi connectivity index (χ3n) is 5.60. The molecule has 1 aromatic heterocycles. The van der Waals surface area contributed by atoms with Crippen molar-refractivity contribution in [2.45, 2.75) is 53.4 Å². The van der Waals surface area contributed by atoms with Crippen molar-refractivity contribution in [2.24, 2.45) is 0 Å². The predicted octanol–water partition coefficient (Wildman–Crippen LogP) is 6.08. The number of anilines is 1. The van der Waals surface area contributed by atoms with E-state index in [0.29, 0.717) is 39.9 Å². The van der Waals surface area contributed by atoms with E-state index in [1.54, 1.807) is 32.0 Å². The van der Waals surface area contributed by atoms with Gasteiger partial charge in [-0.2, -0.15) is 0 Å². The van der Waals surface area contributed by atoms with E-state index in [4.69, 9.17) is 20.9 Å². The Morgan fingerprint density at radius 1 is 1.27 bits per heavy atom. The maximum atomic E-state index is 15.1. The highest BCUT2D eigenvalue weighted by Gasteiger charge is 2.19. The summed E-state index contributed by atoms with van der Waals surface area (Å²) in [5, 5.41) is 16.9. The number of benzene rings is 2. The van der Waals surface area contributed by atoms with Crippen LogP contribution in [0.25, 0.3) is 0 Å². The molecule has 0 aliphatic heterocycles. The number of carbonyl (C=O) groups excluding carboxylic acids is 1. The van der Waals surface area contributed by atoms with Gasteiger partial charge in [-0.1, -0.05) is 43.6 Å². The summed E-state index contributed by atoms with van der Waals surface area (Å²) in [4.78, 5) is 12.2. The van der Waals surface area contributed by atoms with Gasteiger partial charge in [0.2, 0.25) is 5.88 Å². The highest BCUT2D eigenvalue weighted by Crippen LogP contribution is 2.34. The fourth-order valence-corrected chi connectivity index (χ4v) is 3.91. The summed E-state index contributed by atoms with van der Waals surface area (Å²) >= 11 is 6.54. The molecule has 0 aliphatic rings. The zero-order valence-electron chi connectivity index (χ0n) is 19.4. The second-order valence-electron chi connectivity index (χ2n) is 8.26. The maximum absolute atomic E-state index is 15.1. The number of phenolic OH excluding ortho intramolecular Hbond substituents is 1. The number of aromatic nitrogens is 1. The molecule has 1 amide bonds. The average molecular weight is 475 g/mol. The number of aryl methyl sites for hydroxylation is 2. The number of rotatable bonds is 8. The van der Waals surface area contributed by atoms with Crippen LogP contribution >= 0.6 is 11.6 Å². The number of halogens is 2. The van der Waals surface area contributed by atoms with Crippen molar-refractivity contribution < 1.29 is 23.6 Å². The van der Waals surface area contributed by atoms with Gasteiger partial charge in [0.25, 0.3) is 5.91 Å². The molecular weight excluding hydrogens is 447 g/mol. The molecule has 0 unspecified atom stereocenters. The maximum Gasteiger partial charge on any atom is 0.264 e. The van der Waals surface area contributed by atoms with Gasteiger partial charge in [-0.05, 0) is 61.1 Å². The van der Waals surface area contributed by atoms with E-state index in [1.807, 2.05) is 20.8 Å². The highest BCUT2D eigenvalue weighted by molar-refractivity contribution is 6.31. The van der Waals surface area contributed by atoms with Gasteiger partial charge in [0, 0.05) is 22.6 Å². The standard InChI is InChI=1S/C25H28ClFN2O4/c1-6-16-9-18(32-12-22(31)28-25-14(4)15(5)29-33-25)11-20(26)19(16)10-17-7-8-21(30)23(13(2)3)24(17)27/h7-9,11,13,30H,6,10,12H2,1-5H3,(H,28,31). The van der Waals surface area contributed by atoms with Crippen molar-refractivity contribution in [1.82, 2.24) is 5.16 Å². The Balaban J connectivity index is 1.77. The van der Waals surface area contributed by atoms with Crippen LogP contribution in [0, 0.1) is 19.7 Å². The van der Waals surface area contributed by atoms with Crippen molar-refractivity contribution >= 4 is 23.4 Å². The number of aromatic hydroxyl groups is 1. The molecule has 2 aromatic carbocycles. The predicted molar refractivity (Wildman–Crippen MR) is 126 cm³/mol. The number of nitrogens with one attached hydrogen (secondary N) is 1. The summed E-state index contributed by atoms with van der Waals surface area (Å²) < 4.78 is 25.8. The molecule has 0 saturated carbocycles. The van der Waals surface area contributed by atoms with Gasteiger partial charge in [0.05, 0.1) is 5.69 Å². The van der Waals surface area contributed by atoms with Gasteiger partial charge in [-0.15, -0.1) is 0 Å². The quantitative estimate of drug-likeness (QED) is 0.413. The van der Waals surface area contributed by atoms with Crippen LogP contribution in [0.15, 0.2) is 28.8 Å². The summed E-state index contributed by atoms with van der Waals surface area (Å²) in [5.41, 5.74) is 3.88. The number of phenols is 1. The molecule has 1 heterocycles. The first-order chi connectivity index (χ1) is 15.6. The molecule has 0 saturated heterocycles. The van der Waals surface area contributed by atoms with E-state index in [1.165, 1.54) is 6.07 Å². The zero-order chi connectivity index (χ0) is 24.3. The first kappa shape index (κ1) is 24.6. The Labute approximate surface area is 197 Å². The molecular formula is C25H28ClFN2O4. The van der Waals surface area contributed by atoms with Crippen LogP contribution < -0.4 is 10.1 Å². The molecule has 3 rings (SSSR count). The Kier molecular flexibility index (Phi) is 7.64. The van der Waals surface area contributed by atoms with Crippen LogP contribution in [0.1, 0.15) is 60.2 Å². The Hall–Kier alpha value is -3.06. The topological polar surface area (TPSA) is 84.6 Å². The molecule has 2 N–H and O–H groups in total. The third kappa shape index (κ3) is 5.47. The number of hydrogen-bond acceptors (Lipinski definition) is 5. The van der Waals surface area contributed by atoms with Crippen molar-refractivity contribution in [3.05, 3.63) is 68.6 Å². The first-order valence-electron chi connectivity index (χ1n) is 10.8. The van der Waals surface area contributed by atoms with Gasteiger partial charge < -0.3 is 14.4 Å². The molecule has 0 aliphatic carbocycles. The van der Waals surface area contributed by atoms with E-state index in [-0.39, 0.29) is 30.6 Å². The lowest BCUT2D eigenvalue weighted by Crippen LogP contribution is -2.20. The second-order valence-corrected chi connectivity index (χ2v) is 8.67. The lowest BCUT2D eigenvalue weighted by atomic mass is 9.93. The normalized spacial score (nSPS) is 11.2. The summed E-state index contributed by atoms with van der Waals surface area (Å²) in [5.74, 6) is -0.281. The number of amides is 1. The van der Waals surface area contributed by atoms with Crippen LogP contribution in [0.3, 0.4) is 0 Å². The van der Waals surface area contributed by atoms with Crippen LogP contribution in [0.2, 0.25) is 5.02 Å². The van der Waals surface area contributed by atoms with Crippen LogP contribution in [0.4, 0.5) is 10.3 Å². The average Bonchev–Trinajstić information content (AvgIpc) is 3.07. The lowest BCUT2D eigenvalue weighted by Gasteiger charge is -2.17. The summed E-state index contributed by atoms with van der Waals surface area (Å²) in [6.45, 7) is 8.98. The van der Waals surface area contributed by atoms with Gasteiger partial charge >= 0.3 is 0 Å². The van der Waals surface area contributed by atoms with Gasteiger partial charge in [-0.3, -0.25) is 10.1 Å². The molecule has 33 heavy (non-hydrogen) atoms. The van der Waals surface area contributed by atoms with Crippen molar-refractivity contribution in [3.63, 3.8) is 0 Å². The lowest BCUT2D eigenvalue weighted by molar-refractivity contribution is -0.118. The molecule has 0 radical (unpaired) electrons. The molecule has 0 fully saturated rings. The van der Waals surface area contributed by atoms with Gasteiger partial charge in [0.15, 0.2) is 6.61 Å².